The summed E-state index contributed by atoms with van der Waals surface area (Å²) in [5.41, 5.74) is 0.0661. The Morgan fingerprint density at radius 1 is 1.39 bits per heavy atom. The van der Waals surface area contributed by atoms with Gasteiger partial charge in [-0.2, -0.15) is 0 Å². The quantitative estimate of drug-likeness (QED) is 0.870. The van der Waals surface area contributed by atoms with Crippen LogP contribution >= 0.6 is 11.6 Å². The van der Waals surface area contributed by atoms with Gasteiger partial charge in [-0.05, 0) is 13.0 Å². The third kappa shape index (κ3) is 2.12. The van der Waals surface area contributed by atoms with Crippen LogP contribution in [0.1, 0.15) is 16.2 Å². The first kappa shape index (κ1) is 12.3. The Kier molecular flexibility index (Phi) is 3.16. The molecule has 92 valence electrons. The monoisotopic (exact) mass is 264 g/mol. The smallest absolute Gasteiger partial charge is 0.336 e. The van der Waals surface area contributed by atoms with Gasteiger partial charge in [-0.15, -0.1) is 0 Å². The van der Waals surface area contributed by atoms with E-state index >= 15 is 0 Å². The predicted octanol–water partition coefficient (Wildman–Crippen LogP) is 2.10. The number of halogens is 1. The van der Waals surface area contributed by atoms with Gasteiger partial charge in [-0.1, -0.05) is 29.8 Å². The second kappa shape index (κ2) is 4.62. The minimum absolute atomic E-state index is 0.0527. The van der Waals surface area contributed by atoms with Gasteiger partial charge in [0.2, 0.25) is 0 Å². The van der Waals surface area contributed by atoms with Crippen LogP contribution in [0.25, 0.3) is 11.3 Å². The molecule has 6 heteroatoms. The molecule has 0 fully saturated rings. The average molecular weight is 265 g/mol. The summed E-state index contributed by atoms with van der Waals surface area (Å²) in [5.74, 6) is -0.721. The molecule has 2 rings (SSSR count). The van der Waals surface area contributed by atoms with Crippen LogP contribution in [0.4, 0.5) is 0 Å². The lowest BCUT2D eigenvalue weighted by Gasteiger charge is -2.07. The zero-order valence-corrected chi connectivity index (χ0v) is 10.2. The number of benzene rings is 1. The highest BCUT2D eigenvalue weighted by Crippen LogP contribution is 2.26. The summed E-state index contributed by atoms with van der Waals surface area (Å²) < 4.78 is 0. The molecule has 1 aromatic carbocycles. The maximum atomic E-state index is 11.5. The second-order valence-electron chi connectivity index (χ2n) is 3.66. The number of aromatic amines is 1. The predicted molar refractivity (Wildman–Crippen MR) is 67.0 cm³/mol. The zero-order chi connectivity index (χ0) is 13.3. The summed E-state index contributed by atoms with van der Waals surface area (Å²) in [4.78, 5) is 29.2. The summed E-state index contributed by atoms with van der Waals surface area (Å²) in [7, 11) is 0. The van der Waals surface area contributed by atoms with Crippen LogP contribution in [0.3, 0.4) is 0 Å². The van der Waals surface area contributed by atoms with E-state index in [2.05, 4.69) is 9.97 Å². The van der Waals surface area contributed by atoms with Gasteiger partial charge in [0.05, 0.1) is 11.3 Å². The van der Waals surface area contributed by atoms with Crippen molar-refractivity contribution in [3.8, 4) is 11.3 Å². The molecule has 2 aromatic rings. The molecule has 0 saturated heterocycles. The number of carbonyl (C=O) groups is 1. The summed E-state index contributed by atoms with van der Waals surface area (Å²) in [6.45, 7) is 1.60. The van der Waals surface area contributed by atoms with E-state index in [1.165, 1.54) is 6.07 Å². The number of H-pyrrole nitrogens is 1. The number of aryl methyl sites for hydroxylation is 1. The minimum atomic E-state index is -1.10. The number of hydrogen-bond donors (Lipinski definition) is 2. The van der Waals surface area contributed by atoms with Gasteiger partial charge in [0.15, 0.2) is 0 Å². The van der Waals surface area contributed by atoms with E-state index in [4.69, 9.17) is 16.7 Å². The van der Waals surface area contributed by atoms with Crippen molar-refractivity contribution < 1.29 is 9.90 Å². The molecule has 1 heterocycles. The first-order chi connectivity index (χ1) is 8.50. The highest BCUT2D eigenvalue weighted by Gasteiger charge is 2.16. The van der Waals surface area contributed by atoms with Crippen molar-refractivity contribution in [3.05, 3.63) is 51.0 Å². The number of nitrogens with zero attached hydrogens (tertiary/aromatic N) is 1. The van der Waals surface area contributed by atoms with E-state index in [0.717, 1.165) is 0 Å². The van der Waals surface area contributed by atoms with Crippen molar-refractivity contribution in [1.29, 1.82) is 0 Å². The Labute approximate surface area is 107 Å². The topological polar surface area (TPSA) is 83.0 Å². The molecule has 0 aliphatic heterocycles. The number of nitrogens with one attached hydrogen (secondary N) is 1. The molecule has 5 nitrogen and oxygen atoms in total. The summed E-state index contributed by atoms with van der Waals surface area (Å²) in [6.07, 6.45) is 0. The number of rotatable bonds is 2. The maximum absolute atomic E-state index is 11.5. The summed E-state index contributed by atoms with van der Waals surface area (Å²) in [5, 5.41) is 8.98. The third-order valence-corrected chi connectivity index (χ3v) is 2.74. The highest BCUT2D eigenvalue weighted by molar-refractivity contribution is 6.33. The van der Waals surface area contributed by atoms with E-state index in [1.54, 1.807) is 25.1 Å². The van der Waals surface area contributed by atoms with Crippen molar-refractivity contribution in [1.82, 2.24) is 9.97 Å². The highest BCUT2D eigenvalue weighted by atomic mass is 35.5. The zero-order valence-electron chi connectivity index (χ0n) is 9.40. The van der Waals surface area contributed by atoms with Gasteiger partial charge in [0.1, 0.15) is 10.8 Å². The molecule has 0 aliphatic rings. The van der Waals surface area contributed by atoms with Gasteiger partial charge in [-0.25, -0.2) is 9.78 Å². The Morgan fingerprint density at radius 2 is 2.06 bits per heavy atom. The lowest BCUT2D eigenvalue weighted by atomic mass is 10.0. The van der Waals surface area contributed by atoms with Crippen LogP contribution in [0.2, 0.25) is 5.02 Å². The fraction of sp³-hybridized carbons (Fsp3) is 0.0833. The fourth-order valence-electron chi connectivity index (χ4n) is 1.63. The van der Waals surface area contributed by atoms with Gasteiger partial charge < -0.3 is 10.1 Å². The van der Waals surface area contributed by atoms with Crippen molar-refractivity contribution in [2.24, 2.45) is 0 Å². The van der Waals surface area contributed by atoms with E-state index in [1.807, 2.05) is 0 Å². The molecule has 0 amide bonds. The van der Waals surface area contributed by atoms with E-state index < -0.39 is 11.5 Å². The number of carboxylic acid groups (broad SMARTS) is 1. The van der Waals surface area contributed by atoms with Gasteiger partial charge >= 0.3 is 5.97 Å². The standard InChI is InChI=1S/C12H9ClN2O3/c1-6-14-10(9(13)11(16)15-6)7-4-2-3-5-8(7)12(17)18/h2-5H,1H3,(H,17,18)(H,14,15,16). The molecule has 0 unspecified atom stereocenters. The number of aromatic carboxylic acids is 1. The van der Waals surface area contributed by atoms with E-state index in [-0.39, 0.29) is 16.3 Å². The van der Waals surface area contributed by atoms with Crippen LogP contribution in [0, 0.1) is 6.92 Å². The SMILES string of the molecule is Cc1nc(-c2ccccc2C(=O)O)c(Cl)c(=O)[nH]1. The summed E-state index contributed by atoms with van der Waals surface area (Å²) >= 11 is 5.88. The molecule has 0 bridgehead atoms. The number of hydrogen-bond acceptors (Lipinski definition) is 3. The second-order valence-corrected chi connectivity index (χ2v) is 4.04. The van der Waals surface area contributed by atoms with Gasteiger partial charge in [0, 0.05) is 5.56 Å². The van der Waals surface area contributed by atoms with Crippen LogP contribution in [0.15, 0.2) is 29.1 Å². The molecular formula is C12H9ClN2O3. The van der Waals surface area contributed by atoms with E-state index in [0.29, 0.717) is 11.4 Å². The lowest BCUT2D eigenvalue weighted by molar-refractivity contribution is 0.0697. The summed E-state index contributed by atoms with van der Waals surface area (Å²) in [6, 6.07) is 6.26. The Morgan fingerprint density at radius 3 is 2.72 bits per heavy atom. The van der Waals surface area contributed by atoms with Crippen molar-refractivity contribution >= 4 is 17.6 Å². The molecule has 0 saturated carbocycles. The molecule has 0 atom stereocenters. The first-order valence-electron chi connectivity index (χ1n) is 5.10. The van der Waals surface area contributed by atoms with Gasteiger partial charge in [0.25, 0.3) is 5.56 Å². The van der Waals surface area contributed by atoms with E-state index in [9.17, 15) is 9.59 Å². The van der Waals surface area contributed by atoms with Crippen LogP contribution in [0.5, 0.6) is 0 Å². The van der Waals surface area contributed by atoms with Crippen LogP contribution in [-0.2, 0) is 0 Å². The minimum Gasteiger partial charge on any atom is -0.478 e. The first-order valence-corrected chi connectivity index (χ1v) is 5.47. The van der Waals surface area contributed by atoms with Crippen LogP contribution < -0.4 is 5.56 Å². The molecule has 0 spiro atoms. The molecule has 18 heavy (non-hydrogen) atoms. The molecule has 0 aliphatic carbocycles. The average Bonchev–Trinajstić information content (AvgIpc) is 2.33. The Balaban J connectivity index is 2.77. The normalized spacial score (nSPS) is 10.3. The Hall–Kier alpha value is -2.14. The van der Waals surface area contributed by atoms with Crippen molar-refractivity contribution in [2.75, 3.05) is 0 Å². The Bertz CT molecular complexity index is 679. The van der Waals surface area contributed by atoms with Crippen LogP contribution in [-0.4, -0.2) is 21.0 Å². The third-order valence-electron chi connectivity index (χ3n) is 2.39. The van der Waals surface area contributed by atoms with Gasteiger partial charge in [-0.3, -0.25) is 4.79 Å². The maximum Gasteiger partial charge on any atom is 0.336 e. The lowest BCUT2D eigenvalue weighted by Crippen LogP contribution is -2.12. The molecule has 0 radical (unpaired) electrons. The van der Waals surface area contributed by atoms with Crippen molar-refractivity contribution in [3.63, 3.8) is 0 Å². The number of carboxylic acids is 1. The number of aromatic nitrogens is 2. The van der Waals surface area contributed by atoms with Crippen molar-refractivity contribution in [2.45, 2.75) is 6.92 Å². The largest absolute Gasteiger partial charge is 0.478 e. The molecular weight excluding hydrogens is 256 g/mol. The molecule has 1 aromatic heterocycles. The molecule has 2 N–H and O–H groups in total. The fourth-order valence-corrected chi connectivity index (χ4v) is 1.82.